The van der Waals surface area contributed by atoms with Gasteiger partial charge in [0.1, 0.15) is 0 Å². The maximum atomic E-state index is 5.96. The molecule has 1 unspecified atom stereocenters. The largest absolute Gasteiger partial charge is 0.315 e. The molecule has 4 heteroatoms. The van der Waals surface area contributed by atoms with E-state index in [2.05, 4.69) is 44.7 Å². The molecule has 2 N–H and O–H groups in total. The Labute approximate surface area is 86.4 Å². The van der Waals surface area contributed by atoms with Crippen molar-refractivity contribution < 1.29 is 0 Å². The number of benzene rings is 1. The first kappa shape index (κ1) is 8.52. The van der Waals surface area contributed by atoms with Crippen LogP contribution in [0.2, 0.25) is 0 Å². The van der Waals surface area contributed by atoms with E-state index < -0.39 is 0 Å². The van der Waals surface area contributed by atoms with E-state index in [1.54, 1.807) is 0 Å². The Bertz CT molecular complexity index is 362. The second kappa shape index (κ2) is 3.01. The van der Waals surface area contributed by atoms with Crippen molar-refractivity contribution in [2.75, 3.05) is 11.4 Å². The molecule has 1 aromatic carbocycles. The average molecular weight is 292 g/mol. The Morgan fingerprint density at radius 3 is 2.75 bits per heavy atom. The summed E-state index contributed by atoms with van der Waals surface area (Å²) in [7, 11) is 2.12. The van der Waals surface area contributed by atoms with Crippen molar-refractivity contribution in [1.29, 1.82) is 0 Å². The van der Waals surface area contributed by atoms with Gasteiger partial charge in [-0.15, -0.1) is 0 Å². The lowest BCUT2D eigenvalue weighted by Crippen LogP contribution is -2.09. The zero-order chi connectivity index (χ0) is 8.72. The Morgan fingerprint density at radius 2 is 2.08 bits per heavy atom. The molecule has 1 heterocycles. The molecule has 1 aliphatic rings. The van der Waals surface area contributed by atoms with Gasteiger partial charge in [0.05, 0.1) is 10.7 Å². The second-order valence-corrected chi connectivity index (χ2v) is 6.58. The van der Waals surface area contributed by atoms with Crippen LogP contribution in [0.4, 0.5) is 5.69 Å². The summed E-state index contributed by atoms with van der Waals surface area (Å²) in [6.07, 6.45) is 0. The highest BCUT2D eigenvalue weighted by molar-refractivity contribution is 14.2. The van der Waals surface area contributed by atoms with Crippen molar-refractivity contribution in [3.63, 3.8) is 0 Å². The first-order valence-corrected chi connectivity index (χ1v) is 7.30. The van der Waals surface area contributed by atoms with Crippen LogP contribution in [0.5, 0.6) is 0 Å². The van der Waals surface area contributed by atoms with E-state index in [9.17, 15) is 0 Å². The van der Waals surface area contributed by atoms with E-state index >= 15 is 0 Å². The van der Waals surface area contributed by atoms with E-state index in [1.165, 1.54) is 11.3 Å². The lowest BCUT2D eigenvalue weighted by atomic mass is 10.2. The summed E-state index contributed by atoms with van der Waals surface area (Å²) in [6.45, 7) is 0. The molecule has 0 fully saturated rings. The van der Waals surface area contributed by atoms with E-state index in [-0.39, 0.29) is 7.84 Å². The third kappa shape index (κ3) is 1.09. The zero-order valence-corrected chi connectivity index (χ0v) is 9.59. The summed E-state index contributed by atoms with van der Waals surface area (Å²) >= 11 is 2.37. The van der Waals surface area contributed by atoms with Gasteiger partial charge in [-0.1, -0.05) is 18.2 Å². The number of fused-ring (bicyclic) bond motifs is 1. The molecule has 0 aromatic heterocycles. The maximum Gasteiger partial charge on any atom is 0.0748 e. The maximum absolute atomic E-state index is 5.96. The van der Waals surface area contributed by atoms with Crippen LogP contribution in [0.25, 0.3) is 0 Å². The van der Waals surface area contributed by atoms with E-state index in [0.29, 0.717) is 0 Å². The van der Waals surface area contributed by atoms with Crippen LogP contribution in [0, 0.1) is 0 Å². The lowest BCUT2D eigenvalue weighted by molar-refractivity contribution is 1.37. The van der Waals surface area contributed by atoms with Crippen LogP contribution >= 0.6 is 29.0 Å². The molecule has 0 saturated carbocycles. The summed E-state index contributed by atoms with van der Waals surface area (Å²) in [5.41, 5.74) is 8.40. The number of para-hydroxylation sites is 1. The molecule has 1 atom stereocenters. The summed E-state index contributed by atoms with van der Waals surface area (Å²) in [5.74, 6) is 0. The number of nitrogens with zero attached hydrogens (tertiary/aromatic N) is 1. The third-order valence-corrected chi connectivity index (χ3v) is 6.39. The number of hydrogen-bond donors (Lipinski definition) is 1. The van der Waals surface area contributed by atoms with Crippen LogP contribution in [0.15, 0.2) is 24.3 Å². The minimum absolute atomic E-state index is 0.0390. The van der Waals surface area contributed by atoms with Gasteiger partial charge in [-0.25, -0.2) is 0 Å². The fourth-order valence-electron chi connectivity index (χ4n) is 1.28. The Balaban J connectivity index is 2.65. The monoisotopic (exact) mass is 292 g/mol. The van der Waals surface area contributed by atoms with Gasteiger partial charge in [-0.05, 0) is 13.9 Å². The van der Waals surface area contributed by atoms with Gasteiger partial charge in [-0.3, -0.25) is 5.73 Å². The highest BCUT2D eigenvalue weighted by Gasteiger charge is 2.20. The minimum atomic E-state index is 0.0390. The van der Waals surface area contributed by atoms with Crippen LogP contribution in [0.3, 0.4) is 0 Å². The molecule has 1 aromatic rings. The Hall–Kier alpha value is -0.0700. The highest BCUT2D eigenvalue weighted by atomic mass is 127. The molecular formula is C8H9IN2S. The molecule has 12 heavy (non-hydrogen) atoms. The number of halogens is 1. The zero-order valence-electron chi connectivity index (χ0n) is 6.62. The first-order valence-electron chi connectivity index (χ1n) is 3.58. The van der Waals surface area contributed by atoms with Crippen molar-refractivity contribution in [3.05, 3.63) is 29.8 Å². The van der Waals surface area contributed by atoms with Crippen molar-refractivity contribution in [2.45, 2.75) is 0 Å². The molecule has 0 saturated heterocycles. The van der Waals surface area contributed by atoms with Crippen molar-refractivity contribution in [1.82, 2.24) is 0 Å². The standard InChI is InChI=1S/C8H9IN2S/c1-11-7-5-3-2-4-6(7)8(10)12(11)9/h2-5H,10H2,1H3. The molecule has 2 nitrogen and oxygen atoms in total. The average Bonchev–Trinajstić information content (AvgIpc) is 2.33. The van der Waals surface area contributed by atoms with Crippen molar-refractivity contribution in [2.24, 2.45) is 5.73 Å². The molecule has 0 radical (unpaired) electrons. The quantitative estimate of drug-likeness (QED) is 0.586. The molecule has 64 valence electrons. The lowest BCUT2D eigenvalue weighted by Gasteiger charge is -2.12. The molecule has 1 aliphatic heterocycles. The fraction of sp³-hybridized carbons (Fsp3) is 0.125. The van der Waals surface area contributed by atoms with Gasteiger partial charge >= 0.3 is 0 Å². The van der Waals surface area contributed by atoms with E-state index in [4.69, 9.17) is 5.73 Å². The van der Waals surface area contributed by atoms with Gasteiger partial charge in [0, 0.05) is 33.8 Å². The van der Waals surface area contributed by atoms with E-state index in [0.717, 1.165) is 4.99 Å². The second-order valence-electron chi connectivity index (χ2n) is 2.62. The van der Waals surface area contributed by atoms with Crippen LogP contribution < -0.4 is 10.0 Å². The molecule has 2 rings (SSSR count). The molecular weight excluding hydrogens is 283 g/mol. The van der Waals surface area contributed by atoms with Gasteiger partial charge in [0.25, 0.3) is 0 Å². The Morgan fingerprint density at radius 1 is 1.42 bits per heavy atom. The minimum Gasteiger partial charge on any atom is -0.315 e. The number of rotatable bonds is 0. The fourth-order valence-corrected chi connectivity index (χ4v) is 3.61. The summed E-state index contributed by atoms with van der Waals surface area (Å²) in [4.78, 5) is 0.994. The molecule has 0 amide bonds. The molecule has 0 aliphatic carbocycles. The van der Waals surface area contributed by atoms with Crippen LogP contribution in [-0.2, 0) is 0 Å². The normalized spacial score (nSPS) is 21.4. The van der Waals surface area contributed by atoms with Crippen LogP contribution in [-0.4, -0.2) is 12.0 Å². The summed E-state index contributed by atoms with van der Waals surface area (Å²) in [5, 5.41) is 0. The van der Waals surface area contributed by atoms with Gasteiger partial charge in [0.15, 0.2) is 0 Å². The highest BCUT2D eigenvalue weighted by Crippen LogP contribution is 2.42. The summed E-state index contributed by atoms with van der Waals surface area (Å²) in [6, 6.07) is 8.25. The predicted molar refractivity (Wildman–Crippen MR) is 64.8 cm³/mol. The molecule has 0 bridgehead atoms. The van der Waals surface area contributed by atoms with Crippen molar-refractivity contribution >= 4 is 39.7 Å². The topological polar surface area (TPSA) is 29.3 Å². The third-order valence-electron chi connectivity index (χ3n) is 1.93. The molecule has 0 spiro atoms. The van der Waals surface area contributed by atoms with Gasteiger partial charge in [0.2, 0.25) is 0 Å². The smallest absolute Gasteiger partial charge is 0.0748 e. The van der Waals surface area contributed by atoms with Crippen molar-refractivity contribution in [3.8, 4) is 0 Å². The Kier molecular flexibility index (Phi) is 2.14. The van der Waals surface area contributed by atoms with Crippen LogP contribution in [0.1, 0.15) is 5.56 Å². The predicted octanol–water partition coefficient (Wildman–Crippen LogP) is 2.11. The summed E-state index contributed by atoms with van der Waals surface area (Å²) < 4.78 is 2.21. The SMILES string of the molecule is CN1c2ccccc2C(N)=S1I. The van der Waals surface area contributed by atoms with Gasteiger partial charge in [-0.2, -0.15) is 0 Å². The first-order chi connectivity index (χ1) is 5.72. The van der Waals surface area contributed by atoms with E-state index in [1.807, 2.05) is 12.1 Å². The van der Waals surface area contributed by atoms with Gasteiger partial charge < -0.3 is 4.31 Å². The number of nitrogens with two attached hydrogens (primary N) is 1. The number of anilines is 1. The number of hydrogen-bond acceptors (Lipinski definition) is 2.